The Balaban J connectivity index is 1.69. The smallest absolute Gasteiger partial charge is 0.155 e. The van der Waals surface area contributed by atoms with Crippen molar-refractivity contribution in [1.82, 2.24) is 0 Å². The maximum absolute atomic E-state index is 11.9. The highest BCUT2D eigenvalue weighted by atomic mass is 16.3. The van der Waals surface area contributed by atoms with Gasteiger partial charge in [-0.25, -0.2) is 0 Å². The van der Waals surface area contributed by atoms with E-state index in [1.165, 1.54) is 5.57 Å². The lowest BCUT2D eigenvalue weighted by Gasteiger charge is -2.60. The van der Waals surface area contributed by atoms with Crippen LogP contribution in [0, 0.1) is 34.5 Å². The summed E-state index contributed by atoms with van der Waals surface area (Å²) < 4.78 is 0. The molecule has 0 spiro atoms. The molecule has 4 aliphatic rings. The monoisotopic (exact) mass is 348 g/mol. The maximum atomic E-state index is 11.9. The van der Waals surface area contributed by atoms with E-state index in [1.54, 1.807) is 0 Å². The van der Waals surface area contributed by atoms with E-state index < -0.39 is 6.10 Å². The molecule has 3 N–H and O–H groups in total. The van der Waals surface area contributed by atoms with Crippen LogP contribution in [-0.4, -0.2) is 39.9 Å². The fourth-order valence-electron chi connectivity index (χ4n) is 7.49. The topological polar surface area (TPSA) is 77.8 Å². The molecular weight excluding hydrogens is 316 g/mol. The minimum Gasteiger partial charge on any atom is -0.394 e. The van der Waals surface area contributed by atoms with Gasteiger partial charge in [0.2, 0.25) is 0 Å². The van der Waals surface area contributed by atoms with Crippen molar-refractivity contribution < 1.29 is 20.1 Å². The van der Waals surface area contributed by atoms with Gasteiger partial charge < -0.3 is 15.3 Å². The highest BCUT2D eigenvalue weighted by Crippen LogP contribution is 2.66. The molecule has 8 atom stereocenters. The Kier molecular flexibility index (Phi) is 4.17. The highest BCUT2D eigenvalue weighted by molar-refractivity contribution is 5.91. The van der Waals surface area contributed by atoms with Crippen LogP contribution in [0.25, 0.3) is 0 Å². The van der Waals surface area contributed by atoms with Crippen LogP contribution in [0.1, 0.15) is 58.8 Å². The number of hydrogen-bond donors (Lipinski definition) is 3. The molecule has 1 unspecified atom stereocenters. The van der Waals surface area contributed by atoms with E-state index in [1.807, 2.05) is 6.08 Å². The first-order valence-corrected chi connectivity index (χ1v) is 10.0. The Hall–Kier alpha value is -0.710. The van der Waals surface area contributed by atoms with Gasteiger partial charge in [0, 0.05) is 6.42 Å². The second-order valence-corrected chi connectivity index (χ2v) is 9.60. The van der Waals surface area contributed by atoms with Crippen LogP contribution in [0.15, 0.2) is 11.6 Å². The summed E-state index contributed by atoms with van der Waals surface area (Å²) in [6.45, 7) is 4.30. The van der Waals surface area contributed by atoms with Crippen LogP contribution < -0.4 is 0 Å². The maximum Gasteiger partial charge on any atom is 0.155 e. The molecule has 0 aromatic carbocycles. The lowest BCUT2D eigenvalue weighted by Crippen LogP contribution is -2.57. The van der Waals surface area contributed by atoms with E-state index in [0.29, 0.717) is 24.7 Å². The van der Waals surface area contributed by atoms with Crippen molar-refractivity contribution in [2.75, 3.05) is 6.61 Å². The summed E-state index contributed by atoms with van der Waals surface area (Å²) in [5, 5.41) is 31.0. The molecule has 0 radical (unpaired) electrons. The van der Waals surface area contributed by atoms with Crippen LogP contribution in [0.3, 0.4) is 0 Å². The summed E-state index contributed by atoms with van der Waals surface area (Å²) in [5.74, 6) is 1.51. The van der Waals surface area contributed by atoms with E-state index >= 15 is 0 Å². The van der Waals surface area contributed by atoms with Crippen LogP contribution in [-0.2, 0) is 4.79 Å². The first-order chi connectivity index (χ1) is 11.8. The van der Waals surface area contributed by atoms with Gasteiger partial charge in [-0.15, -0.1) is 0 Å². The second kappa shape index (κ2) is 5.90. The molecule has 0 amide bonds. The van der Waals surface area contributed by atoms with Crippen molar-refractivity contribution in [3.63, 3.8) is 0 Å². The number of carbonyl (C=O) groups is 1. The summed E-state index contributed by atoms with van der Waals surface area (Å²) in [5.41, 5.74) is 1.12. The van der Waals surface area contributed by atoms with Gasteiger partial charge >= 0.3 is 0 Å². The van der Waals surface area contributed by atoms with Gasteiger partial charge in [-0.05, 0) is 79.1 Å². The number of hydrogen-bond acceptors (Lipinski definition) is 4. The van der Waals surface area contributed by atoms with Crippen molar-refractivity contribution in [1.29, 1.82) is 0 Å². The predicted molar refractivity (Wildman–Crippen MR) is 94.7 cm³/mol. The van der Waals surface area contributed by atoms with Gasteiger partial charge in [-0.3, -0.25) is 4.79 Å². The number of aliphatic hydroxyl groups is 3. The zero-order chi connectivity index (χ0) is 18.0. The van der Waals surface area contributed by atoms with Crippen molar-refractivity contribution >= 4 is 5.78 Å². The zero-order valence-electron chi connectivity index (χ0n) is 15.4. The minimum atomic E-state index is -0.680. The van der Waals surface area contributed by atoms with Gasteiger partial charge in [-0.1, -0.05) is 19.4 Å². The van der Waals surface area contributed by atoms with Crippen LogP contribution in [0.2, 0.25) is 0 Å². The van der Waals surface area contributed by atoms with E-state index in [4.69, 9.17) is 0 Å². The average Bonchev–Trinajstić information content (AvgIpc) is 2.91. The number of carbonyl (C=O) groups excluding carboxylic acids is 1. The number of ketones is 1. The third kappa shape index (κ3) is 2.40. The summed E-state index contributed by atoms with van der Waals surface area (Å²) >= 11 is 0. The fourth-order valence-corrected chi connectivity index (χ4v) is 7.49. The van der Waals surface area contributed by atoms with Crippen LogP contribution in [0.4, 0.5) is 0 Å². The molecule has 0 aromatic heterocycles. The van der Waals surface area contributed by atoms with Gasteiger partial charge in [-0.2, -0.15) is 0 Å². The largest absolute Gasteiger partial charge is 0.394 e. The first-order valence-electron chi connectivity index (χ1n) is 10.0. The molecule has 4 aliphatic carbocycles. The molecule has 140 valence electrons. The lowest BCUT2D eigenvalue weighted by atomic mass is 9.46. The van der Waals surface area contributed by atoms with Gasteiger partial charge in [0.1, 0.15) is 0 Å². The quantitative estimate of drug-likeness (QED) is 0.716. The molecule has 3 saturated carbocycles. The van der Waals surface area contributed by atoms with Gasteiger partial charge in [0.15, 0.2) is 5.78 Å². The standard InChI is InChI=1S/C21H32O4/c1-20-8-7-13(23)9-12(20)3-4-14-15-5-6-16(18(25)11-22)21(15,2)10-17(24)19(14)20/h9,14-19,22,24-25H,3-8,10-11H2,1-2H3/t14-,15-,16+,17-,18?,19+,20-,21-/m0/s1. The third-order valence-electron chi connectivity index (χ3n) is 8.62. The molecule has 0 bridgehead atoms. The number of allylic oxidation sites excluding steroid dienone is 1. The lowest BCUT2D eigenvalue weighted by molar-refractivity contribution is -0.143. The SMILES string of the molecule is C[C@]12C[C@H](O)[C@H]3[C@@H](CCC4=CC(=O)CC[C@@]43C)[C@@H]1CC[C@@H]2C(O)CO. The molecule has 0 heterocycles. The Morgan fingerprint density at radius 2 is 2.00 bits per heavy atom. The highest BCUT2D eigenvalue weighted by Gasteiger charge is 2.62. The molecule has 0 aliphatic heterocycles. The van der Waals surface area contributed by atoms with E-state index in [-0.39, 0.29) is 41.2 Å². The number of fused-ring (bicyclic) bond motifs is 5. The number of aliphatic hydroxyl groups excluding tert-OH is 3. The third-order valence-corrected chi connectivity index (χ3v) is 8.62. The Morgan fingerprint density at radius 1 is 1.24 bits per heavy atom. The Labute approximate surface area is 150 Å². The minimum absolute atomic E-state index is 0.0503. The summed E-state index contributed by atoms with van der Waals surface area (Å²) in [6, 6.07) is 0. The molecule has 3 fully saturated rings. The Bertz CT molecular complexity index is 599. The van der Waals surface area contributed by atoms with Crippen molar-refractivity contribution in [3.8, 4) is 0 Å². The molecule has 0 saturated heterocycles. The first kappa shape index (κ1) is 17.7. The average molecular weight is 348 g/mol. The molecule has 4 nitrogen and oxygen atoms in total. The summed E-state index contributed by atoms with van der Waals surface area (Å²) in [6.07, 6.45) is 7.00. The molecule has 25 heavy (non-hydrogen) atoms. The molecular formula is C21H32O4. The molecule has 4 rings (SSSR count). The number of rotatable bonds is 2. The summed E-state index contributed by atoms with van der Waals surface area (Å²) in [7, 11) is 0. The fraction of sp³-hybridized carbons (Fsp3) is 0.857. The second-order valence-electron chi connectivity index (χ2n) is 9.60. The predicted octanol–water partition coefficient (Wildman–Crippen LogP) is 2.46. The Morgan fingerprint density at radius 3 is 2.72 bits per heavy atom. The summed E-state index contributed by atoms with van der Waals surface area (Å²) in [4.78, 5) is 11.9. The normalized spacial score (nSPS) is 50.5. The van der Waals surface area contributed by atoms with Gasteiger partial charge in [0.05, 0.1) is 18.8 Å². The van der Waals surface area contributed by atoms with E-state index in [9.17, 15) is 20.1 Å². The zero-order valence-corrected chi connectivity index (χ0v) is 15.4. The van der Waals surface area contributed by atoms with Crippen LogP contribution in [0.5, 0.6) is 0 Å². The van der Waals surface area contributed by atoms with Crippen molar-refractivity contribution in [3.05, 3.63) is 11.6 Å². The van der Waals surface area contributed by atoms with Gasteiger partial charge in [0.25, 0.3) is 0 Å². The van der Waals surface area contributed by atoms with Crippen molar-refractivity contribution in [2.24, 2.45) is 34.5 Å². The van der Waals surface area contributed by atoms with E-state index in [2.05, 4.69) is 13.8 Å². The van der Waals surface area contributed by atoms with Crippen molar-refractivity contribution in [2.45, 2.75) is 71.0 Å². The molecule has 4 heteroatoms. The molecule has 0 aromatic rings. The van der Waals surface area contributed by atoms with E-state index in [0.717, 1.165) is 32.1 Å². The van der Waals surface area contributed by atoms with Crippen LogP contribution >= 0.6 is 0 Å².